The molecule has 1 aliphatic rings. The molecule has 0 aliphatic carbocycles. The van der Waals surface area contributed by atoms with E-state index >= 15 is 0 Å². The Kier molecular flexibility index (Phi) is 4.70. The van der Waals surface area contributed by atoms with Crippen LogP contribution in [0.3, 0.4) is 0 Å². The van der Waals surface area contributed by atoms with Crippen LogP contribution >= 0.6 is 11.6 Å². The zero-order chi connectivity index (χ0) is 18.1. The molecule has 0 unspecified atom stereocenters. The number of pyridine rings is 1. The number of aryl methyl sites for hydroxylation is 1. The van der Waals surface area contributed by atoms with Crippen molar-refractivity contribution in [1.82, 2.24) is 19.1 Å². The maximum absolute atomic E-state index is 12.3. The normalized spacial score (nSPS) is 15.7. The molecule has 0 N–H and O–H groups in total. The predicted molar refractivity (Wildman–Crippen MR) is 104 cm³/mol. The quantitative estimate of drug-likeness (QED) is 0.706. The van der Waals surface area contributed by atoms with Crippen LogP contribution in [-0.2, 0) is 6.54 Å². The van der Waals surface area contributed by atoms with Gasteiger partial charge < -0.3 is 4.90 Å². The molecule has 136 valence electrons. The number of rotatable bonds is 4. The van der Waals surface area contributed by atoms with Crippen molar-refractivity contribution in [3.8, 4) is 0 Å². The number of piperazine rings is 1. The minimum absolute atomic E-state index is 0.0752. The Balaban J connectivity index is 1.37. The van der Waals surface area contributed by atoms with E-state index < -0.39 is 0 Å². The van der Waals surface area contributed by atoms with E-state index in [-0.39, 0.29) is 5.69 Å². The summed E-state index contributed by atoms with van der Waals surface area (Å²) in [4.78, 5) is 17.1. The Hall–Kier alpha value is -2.31. The third-order valence-electron chi connectivity index (χ3n) is 5.00. The van der Waals surface area contributed by atoms with E-state index in [2.05, 4.69) is 27.9 Å². The maximum atomic E-state index is 12.3. The Morgan fingerprint density at radius 1 is 1.08 bits per heavy atom. The van der Waals surface area contributed by atoms with Gasteiger partial charge in [0.25, 0.3) is 0 Å². The highest BCUT2D eigenvalue weighted by atomic mass is 35.5. The first-order valence-electron chi connectivity index (χ1n) is 8.89. The summed E-state index contributed by atoms with van der Waals surface area (Å²) in [7, 11) is 0. The lowest BCUT2D eigenvalue weighted by atomic mass is 10.1. The Bertz CT molecular complexity index is 971. The van der Waals surface area contributed by atoms with Gasteiger partial charge in [-0.2, -0.15) is 0 Å². The van der Waals surface area contributed by atoms with Crippen LogP contribution in [0.15, 0.2) is 47.4 Å². The van der Waals surface area contributed by atoms with Crippen LogP contribution in [0.25, 0.3) is 5.65 Å². The predicted octanol–water partition coefficient (Wildman–Crippen LogP) is 2.28. The van der Waals surface area contributed by atoms with Crippen LogP contribution in [0.1, 0.15) is 5.56 Å². The molecule has 0 saturated carbocycles. The summed E-state index contributed by atoms with van der Waals surface area (Å²) in [6.45, 7) is 7.40. The number of hydrogen-bond donors (Lipinski definition) is 0. The van der Waals surface area contributed by atoms with E-state index in [1.165, 1.54) is 11.3 Å². The topological polar surface area (TPSA) is 45.8 Å². The molecule has 0 spiro atoms. The smallest absolute Gasteiger partial charge is 0.350 e. The van der Waals surface area contributed by atoms with Gasteiger partial charge in [-0.3, -0.25) is 9.30 Å². The number of anilines is 1. The van der Waals surface area contributed by atoms with Gasteiger partial charge in [0.15, 0.2) is 5.65 Å². The zero-order valence-electron chi connectivity index (χ0n) is 14.8. The first kappa shape index (κ1) is 17.1. The van der Waals surface area contributed by atoms with Crippen LogP contribution in [0.4, 0.5) is 5.69 Å². The molecule has 0 bridgehead atoms. The second-order valence-electron chi connectivity index (χ2n) is 6.69. The largest absolute Gasteiger partial charge is 0.369 e. The average Bonchev–Trinajstić information content (AvgIpc) is 2.99. The van der Waals surface area contributed by atoms with Gasteiger partial charge >= 0.3 is 5.69 Å². The molecule has 0 atom stereocenters. The Morgan fingerprint density at radius 2 is 1.88 bits per heavy atom. The van der Waals surface area contributed by atoms with Crippen molar-refractivity contribution < 1.29 is 0 Å². The molecule has 26 heavy (non-hydrogen) atoms. The van der Waals surface area contributed by atoms with Gasteiger partial charge in [0.1, 0.15) is 0 Å². The molecule has 3 aromatic rings. The number of halogens is 1. The second-order valence-corrected chi connectivity index (χ2v) is 7.13. The summed E-state index contributed by atoms with van der Waals surface area (Å²) in [5, 5.41) is 5.17. The van der Waals surface area contributed by atoms with Crippen molar-refractivity contribution in [3.63, 3.8) is 0 Å². The fourth-order valence-electron chi connectivity index (χ4n) is 3.49. The fourth-order valence-corrected chi connectivity index (χ4v) is 3.65. The molecule has 1 aromatic carbocycles. The highest BCUT2D eigenvalue weighted by Gasteiger charge is 2.19. The van der Waals surface area contributed by atoms with Crippen LogP contribution in [0.5, 0.6) is 0 Å². The van der Waals surface area contributed by atoms with Crippen LogP contribution < -0.4 is 10.6 Å². The third-order valence-corrected chi connectivity index (χ3v) is 5.24. The van der Waals surface area contributed by atoms with Gasteiger partial charge in [0, 0.05) is 49.6 Å². The third kappa shape index (κ3) is 3.34. The summed E-state index contributed by atoms with van der Waals surface area (Å²) in [6.07, 6.45) is 1.76. The highest BCUT2D eigenvalue weighted by Crippen LogP contribution is 2.25. The van der Waals surface area contributed by atoms with Gasteiger partial charge in [-0.15, -0.1) is 5.10 Å². The zero-order valence-corrected chi connectivity index (χ0v) is 15.6. The molecule has 7 heteroatoms. The first-order chi connectivity index (χ1) is 12.6. The molecule has 2 aromatic heterocycles. The van der Waals surface area contributed by atoms with Gasteiger partial charge in [-0.05, 0) is 36.8 Å². The molecule has 1 saturated heterocycles. The van der Waals surface area contributed by atoms with Crippen molar-refractivity contribution in [3.05, 3.63) is 63.7 Å². The molecule has 1 fully saturated rings. The van der Waals surface area contributed by atoms with Crippen molar-refractivity contribution in [2.75, 3.05) is 37.6 Å². The molecule has 1 aliphatic heterocycles. The lowest BCUT2D eigenvalue weighted by molar-refractivity contribution is 0.243. The minimum atomic E-state index is -0.0752. The summed E-state index contributed by atoms with van der Waals surface area (Å²) >= 11 is 6.15. The molecular formula is C19H22ClN5O. The summed E-state index contributed by atoms with van der Waals surface area (Å²) in [5.74, 6) is 0. The van der Waals surface area contributed by atoms with E-state index in [0.29, 0.717) is 12.2 Å². The average molecular weight is 372 g/mol. The summed E-state index contributed by atoms with van der Waals surface area (Å²) < 4.78 is 3.14. The number of fused-ring (bicyclic) bond motifs is 1. The lowest BCUT2D eigenvalue weighted by Gasteiger charge is -2.36. The summed E-state index contributed by atoms with van der Waals surface area (Å²) in [6, 6.07) is 11.6. The van der Waals surface area contributed by atoms with Crippen LogP contribution in [-0.4, -0.2) is 51.8 Å². The Labute approximate surface area is 157 Å². The number of hydrogen-bond acceptors (Lipinski definition) is 4. The highest BCUT2D eigenvalue weighted by molar-refractivity contribution is 6.30. The van der Waals surface area contributed by atoms with Gasteiger partial charge in [-0.25, -0.2) is 9.48 Å². The number of aromatic nitrogens is 3. The number of benzene rings is 1. The standard InChI is InChI=1S/C19H22ClN5O/c1-15-5-6-16(20)14-17(15)23-11-8-22(9-12-23)10-13-25-19(26)24-7-3-2-4-18(24)21-25/h2-7,14H,8-13H2,1H3. The molecular weight excluding hydrogens is 350 g/mol. The van der Waals surface area contributed by atoms with E-state index in [0.717, 1.165) is 37.7 Å². The van der Waals surface area contributed by atoms with Crippen molar-refractivity contribution in [2.45, 2.75) is 13.5 Å². The first-order valence-corrected chi connectivity index (χ1v) is 9.27. The van der Waals surface area contributed by atoms with Crippen molar-refractivity contribution in [1.29, 1.82) is 0 Å². The maximum Gasteiger partial charge on any atom is 0.350 e. The van der Waals surface area contributed by atoms with Crippen LogP contribution in [0, 0.1) is 6.92 Å². The molecule has 6 nitrogen and oxygen atoms in total. The van der Waals surface area contributed by atoms with E-state index in [1.54, 1.807) is 15.3 Å². The van der Waals surface area contributed by atoms with E-state index in [9.17, 15) is 4.79 Å². The number of nitrogens with zero attached hydrogens (tertiary/aromatic N) is 5. The van der Waals surface area contributed by atoms with Crippen molar-refractivity contribution in [2.24, 2.45) is 0 Å². The van der Waals surface area contributed by atoms with Crippen molar-refractivity contribution >= 4 is 22.9 Å². The fraction of sp³-hybridized carbons (Fsp3) is 0.368. The summed E-state index contributed by atoms with van der Waals surface area (Å²) in [5.41, 5.74) is 3.08. The monoisotopic (exact) mass is 371 g/mol. The van der Waals surface area contributed by atoms with Gasteiger partial charge in [-0.1, -0.05) is 23.7 Å². The molecule has 0 radical (unpaired) electrons. The van der Waals surface area contributed by atoms with Gasteiger partial charge in [0.05, 0.1) is 6.54 Å². The SMILES string of the molecule is Cc1ccc(Cl)cc1N1CCN(CCn2nc3ccccn3c2=O)CC1. The lowest BCUT2D eigenvalue weighted by Crippen LogP contribution is -2.47. The van der Waals surface area contributed by atoms with E-state index in [4.69, 9.17) is 11.6 Å². The second kappa shape index (κ2) is 7.13. The van der Waals surface area contributed by atoms with Gasteiger partial charge in [0.2, 0.25) is 0 Å². The van der Waals surface area contributed by atoms with E-state index in [1.807, 2.05) is 30.3 Å². The molecule has 0 amide bonds. The molecule has 3 heterocycles. The van der Waals surface area contributed by atoms with Crippen LogP contribution in [0.2, 0.25) is 5.02 Å². The molecule has 4 rings (SSSR count). The Morgan fingerprint density at radius 3 is 2.65 bits per heavy atom. The minimum Gasteiger partial charge on any atom is -0.369 e.